The molecule has 0 atom stereocenters. The molecule has 4 heteroatoms. The Morgan fingerprint density at radius 2 is 1.94 bits per heavy atom. The highest BCUT2D eigenvalue weighted by atomic mass is 79.9. The van der Waals surface area contributed by atoms with Crippen molar-refractivity contribution in [3.8, 4) is 16.9 Å². The van der Waals surface area contributed by atoms with Gasteiger partial charge in [-0.1, -0.05) is 15.9 Å². The van der Waals surface area contributed by atoms with Gasteiger partial charge in [0.25, 0.3) is 0 Å². The fourth-order valence-electron chi connectivity index (χ4n) is 1.62. The van der Waals surface area contributed by atoms with Crippen LogP contribution in [0.2, 0.25) is 0 Å². The Balaban J connectivity index is 2.58. The second-order valence-electron chi connectivity index (χ2n) is 3.62. The lowest BCUT2D eigenvalue weighted by atomic mass is 10.0. The van der Waals surface area contributed by atoms with Gasteiger partial charge in [0.05, 0.1) is 7.11 Å². The monoisotopic (exact) mass is 295 g/mol. The summed E-state index contributed by atoms with van der Waals surface area (Å²) in [5.41, 5.74) is 7.50. The van der Waals surface area contributed by atoms with Gasteiger partial charge < -0.3 is 10.5 Å². The van der Waals surface area contributed by atoms with Gasteiger partial charge >= 0.3 is 0 Å². The number of anilines is 1. The number of ether oxygens (including phenoxy) is 1. The molecule has 17 heavy (non-hydrogen) atoms. The third-order valence-corrected chi connectivity index (χ3v) is 2.86. The summed E-state index contributed by atoms with van der Waals surface area (Å²) in [6, 6.07) is 9.92. The minimum Gasteiger partial charge on any atom is -0.497 e. The van der Waals surface area contributed by atoms with Crippen LogP contribution in [0.1, 0.15) is 0 Å². The van der Waals surface area contributed by atoms with Crippen molar-refractivity contribution in [2.24, 2.45) is 0 Å². The second kappa shape index (κ2) is 4.75. The molecule has 0 fully saturated rings. The predicted octanol–water partition coefficient (Wildman–Crippen LogP) is 3.85. The zero-order valence-electron chi connectivity index (χ0n) is 9.21. The average molecular weight is 296 g/mol. The molecule has 0 amide bonds. The Morgan fingerprint density at radius 1 is 1.18 bits per heavy atom. The molecule has 0 heterocycles. The van der Waals surface area contributed by atoms with Crippen molar-refractivity contribution in [2.45, 2.75) is 0 Å². The zero-order valence-corrected chi connectivity index (χ0v) is 10.8. The minimum absolute atomic E-state index is 0.302. The first-order valence-corrected chi connectivity index (χ1v) is 5.79. The molecule has 88 valence electrons. The Kier molecular flexibility index (Phi) is 3.33. The third kappa shape index (κ3) is 2.58. The van der Waals surface area contributed by atoms with Gasteiger partial charge in [0.2, 0.25) is 0 Å². The molecule has 2 aromatic carbocycles. The molecule has 2 nitrogen and oxygen atoms in total. The Labute approximate surface area is 107 Å². The van der Waals surface area contributed by atoms with Crippen molar-refractivity contribution in [3.05, 3.63) is 46.7 Å². The molecule has 2 N–H and O–H groups in total. The lowest BCUT2D eigenvalue weighted by Gasteiger charge is -2.08. The van der Waals surface area contributed by atoms with Gasteiger partial charge in [-0.2, -0.15) is 0 Å². The largest absolute Gasteiger partial charge is 0.497 e. The molecular formula is C13H11BrFNO. The molecule has 0 unspecified atom stereocenters. The Hall–Kier alpha value is -1.55. The summed E-state index contributed by atoms with van der Waals surface area (Å²) in [6.07, 6.45) is 0. The summed E-state index contributed by atoms with van der Waals surface area (Å²) in [5.74, 6) is 0.309. The van der Waals surface area contributed by atoms with Crippen molar-refractivity contribution in [1.82, 2.24) is 0 Å². The maximum absolute atomic E-state index is 13.7. The summed E-state index contributed by atoms with van der Waals surface area (Å²) in [4.78, 5) is 0. The molecule has 2 rings (SSSR count). The van der Waals surface area contributed by atoms with Gasteiger partial charge in [-0.25, -0.2) is 4.39 Å². The number of nitrogen functional groups attached to an aromatic ring is 1. The van der Waals surface area contributed by atoms with Gasteiger partial charge in [0.15, 0.2) is 0 Å². The van der Waals surface area contributed by atoms with Crippen molar-refractivity contribution in [3.63, 3.8) is 0 Å². The SMILES string of the molecule is COc1ccc(F)c(-c2cc(N)cc(Br)c2)c1. The molecule has 0 aromatic heterocycles. The summed E-state index contributed by atoms with van der Waals surface area (Å²) < 4.78 is 19.6. The van der Waals surface area contributed by atoms with Gasteiger partial charge in [-0.15, -0.1) is 0 Å². The van der Waals surface area contributed by atoms with E-state index in [1.807, 2.05) is 6.07 Å². The maximum atomic E-state index is 13.7. The topological polar surface area (TPSA) is 35.2 Å². The van der Waals surface area contributed by atoms with Gasteiger partial charge in [-0.05, 0) is 42.0 Å². The van der Waals surface area contributed by atoms with Crippen molar-refractivity contribution < 1.29 is 9.13 Å². The molecule has 2 aromatic rings. The van der Waals surface area contributed by atoms with Crippen LogP contribution in [0.25, 0.3) is 11.1 Å². The maximum Gasteiger partial charge on any atom is 0.131 e. The smallest absolute Gasteiger partial charge is 0.131 e. The fraction of sp³-hybridized carbons (Fsp3) is 0.0769. The quantitative estimate of drug-likeness (QED) is 0.854. The molecule has 0 aliphatic carbocycles. The molecule has 0 spiro atoms. The minimum atomic E-state index is -0.302. The van der Waals surface area contributed by atoms with E-state index in [9.17, 15) is 4.39 Å². The van der Waals surface area contributed by atoms with E-state index < -0.39 is 0 Å². The lowest BCUT2D eigenvalue weighted by molar-refractivity contribution is 0.414. The van der Waals surface area contributed by atoms with E-state index in [2.05, 4.69) is 15.9 Å². The summed E-state index contributed by atoms with van der Waals surface area (Å²) in [6.45, 7) is 0. The summed E-state index contributed by atoms with van der Waals surface area (Å²) in [7, 11) is 1.55. The van der Waals surface area contributed by atoms with Crippen molar-refractivity contribution in [2.75, 3.05) is 12.8 Å². The first-order chi connectivity index (χ1) is 8.10. The van der Waals surface area contributed by atoms with Crippen LogP contribution >= 0.6 is 15.9 Å². The standard InChI is InChI=1S/C13H11BrFNO/c1-17-11-2-3-13(15)12(7-11)8-4-9(14)6-10(16)5-8/h2-7H,16H2,1H3. The van der Waals surface area contributed by atoms with E-state index >= 15 is 0 Å². The van der Waals surface area contributed by atoms with Crippen LogP contribution in [0.5, 0.6) is 5.75 Å². The van der Waals surface area contributed by atoms with Crippen LogP contribution in [-0.2, 0) is 0 Å². The van der Waals surface area contributed by atoms with Crippen molar-refractivity contribution >= 4 is 21.6 Å². The van der Waals surface area contributed by atoms with Crippen molar-refractivity contribution in [1.29, 1.82) is 0 Å². The number of rotatable bonds is 2. The predicted molar refractivity (Wildman–Crippen MR) is 70.5 cm³/mol. The number of methoxy groups -OCH3 is 1. The van der Waals surface area contributed by atoms with Crippen LogP contribution in [-0.4, -0.2) is 7.11 Å². The first kappa shape index (κ1) is 11.9. The van der Waals surface area contributed by atoms with Crippen LogP contribution in [0, 0.1) is 5.82 Å². The lowest BCUT2D eigenvalue weighted by Crippen LogP contribution is -1.90. The van der Waals surface area contributed by atoms with Gasteiger partial charge in [-0.3, -0.25) is 0 Å². The van der Waals surface area contributed by atoms with Gasteiger partial charge in [0.1, 0.15) is 11.6 Å². The molecule has 0 bridgehead atoms. The normalized spacial score (nSPS) is 10.3. The summed E-state index contributed by atoms with van der Waals surface area (Å²) in [5, 5.41) is 0. The number of hydrogen-bond donors (Lipinski definition) is 1. The molecule has 0 radical (unpaired) electrons. The van der Waals surface area contributed by atoms with E-state index in [0.717, 1.165) is 4.47 Å². The van der Waals surface area contributed by atoms with Crippen LogP contribution in [0.15, 0.2) is 40.9 Å². The number of benzene rings is 2. The number of hydrogen-bond acceptors (Lipinski definition) is 2. The van der Waals surface area contributed by atoms with E-state index in [4.69, 9.17) is 10.5 Å². The molecule has 0 aliphatic rings. The third-order valence-electron chi connectivity index (χ3n) is 2.40. The van der Waals surface area contributed by atoms with Crippen LogP contribution < -0.4 is 10.5 Å². The highest BCUT2D eigenvalue weighted by Crippen LogP contribution is 2.30. The van der Waals surface area contributed by atoms with Crippen LogP contribution in [0.3, 0.4) is 0 Å². The zero-order chi connectivity index (χ0) is 12.4. The first-order valence-electron chi connectivity index (χ1n) is 5.00. The van der Waals surface area contributed by atoms with E-state index in [1.165, 1.54) is 6.07 Å². The van der Waals surface area contributed by atoms with E-state index in [-0.39, 0.29) is 5.82 Å². The Morgan fingerprint density at radius 3 is 2.59 bits per heavy atom. The van der Waals surface area contributed by atoms with E-state index in [0.29, 0.717) is 22.6 Å². The highest BCUT2D eigenvalue weighted by molar-refractivity contribution is 9.10. The second-order valence-corrected chi connectivity index (χ2v) is 4.53. The Bertz CT molecular complexity index is 537. The van der Waals surface area contributed by atoms with Gasteiger partial charge in [0, 0.05) is 15.7 Å². The average Bonchev–Trinajstić information content (AvgIpc) is 2.28. The number of nitrogens with two attached hydrogens (primary N) is 1. The highest BCUT2D eigenvalue weighted by Gasteiger charge is 2.08. The van der Waals surface area contributed by atoms with E-state index in [1.54, 1.807) is 31.4 Å². The molecule has 0 saturated carbocycles. The molecular weight excluding hydrogens is 285 g/mol. The van der Waals surface area contributed by atoms with Crippen LogP contribution in [0.4, 0.5) is 10.1 Å². The molecule has 0 aliphatic heterocycles. The number of halogens is 2. The fourth-order valence-corrected chi connectivity index (χ4v) is 2.13. The summed E-state index contributed by atoms with van der Waals surface area (Å²) >= 11 is 3.34. The molecule has 0 saturated heterocycles.